The van der Waals surface area contributed by atoms with Crippen molar-refractivity contribution in [2.45, 2.75) is 12.3 Å². The van der Waals surface area contributed by atoms with Gasteiger partial charge in [-0.1, -0.05) is 5.16 Å². The number of alkyl halides is 1. The minimum Gasteiger partial charge on any atom is -0.337 e. The van der Waals surface area contributed by atoms with Gasteiger partial charge < -0.3 is 4.52 Å². The Bertz CT molecular complexity index is 533. The lowest BCUT2D eigenvalue weighted by molar-refractivity contribution is 0.379. The number of aromatic nitrogens is 2. The molecule has 17 heavy (non-hydrogen) atoms. The summed E-state index contributed by atoms with van der Waals surface area (Å²) in [6.07, 6.45) is 0. The van der Waals surface area contributed by atoms with E-state index >= 15 is 0 Å². The summed E-state index contributed by atoms with van der Waals surface area (Å²) in [5.74, 6) is -4.10. The summed E-state index contributed by atoms with van der Waals surface area (Å²) in [7, 11) is 0. The van der Waals surface area contributed by atoms with Gasteiger partial charge in [-0.3, -0.25) is 0 Å². The van der Waals surface area contributed by atoms with Gasteiger partial charge in [-0.05, 0) is 19.1 Å². The number of hydrogen-bond acceptors (Lipinski definition) is 3. The van der Waals surface area contributed by atoms with Crippen LogP contribution in [0.25, 0.3) is 11.4 Å². The van der Waals surface area contributed by atoms with E-state index in [9.17, 15) is 13.2 Å². The van der Waals surface area contributed by atoms with Crippen molar-refractivity contribution in [3.63, 3.8) is 0 Å². The second kappa shape index (κ2) is 4.37. The number of benzene rings is 1. The highest BCUT2D eigenvalue weighted by molar-refractivity contribution is 6.20. The molecule has 0 aliphatic carbocycles. The summed E-state index contributed by atoms with van der Waals surface area (Å²) in [5, 5.41) is 2.97. The van der Waals surface area contributed by atoms with Crippen molar-refractivity contribution in [2.24, 2.45) is 0 Å². The molecule has 0 bridgehead atoms. The summed E-state index contributed by atoms with van der Waals surface area (Å²) >= 11 is 5.69. The molecule has 1 aromatic heterocycles. The van der Waals surface area contributed by atoms with Gasteiger partial charge in [-0.2, -0.15) is 4.98 Å². The lowest BCUT2D eigenvalue weighted by Gasteiger charge is -1.98. The molecule has 0 amide bonds. The smallest absolute Gasteiger partial charge is 0.244 e. The Labute approximate surface area is 99.2 Å². The Morgan fingerprint density at radius 3 is 2.29 bits per heavy atom. The Morgan fingerprint density at radius 2 is 1.82 bits per heavy atom. The summed E-state index contributed by atoms with van der Waals surface area (Å²) in [4.78, 5) is 3.83. The third-order valence-electron chi connectivity index (χ3n) is 2.02. The average Bonchev–Trinajstić information content (AvgIpc) is 2.74. The fourth-order valence-electron chi connectivity index (χ4n) is 1.20. The molecule has 3 nitrogen and oxygen atoms in total. The minimum atomic E-state index is -1.54. The second-order valence-corrected chi connectivity index (χ2v) is 3.98. The zero-order chi connectivity index (χ0) is 12.6. The van der Waals surface area contributed by atoms with Crippen LogP contribution < -0.4 is 0 Å². The van der Waals surface area contributed by atoms with E-state index < -0.39 is 22.8 Å². The van der Waals surface area contributed by atoms with Gasteiger partial charge >= 0.3 is 0 Å². The van der Waals surface area contributed by atoms with E-state index in [1.807, 2.05) is 0 Å². The molecule has 0 spiro atoms. The maximum absolute atomic E-state index is 13.0. The number of nitrogens with zero attached hydrogens (tertiary/aromatic N) is 2. The Hall–Kier alpha value is -1.56. The third kappa shape index (κ3) is 2.26. The van der Waals surface area contributed by atoms with Crippen LogP contribution in [-0.4, -0.2) is 10.1 Å². The summed E-state index contributed by atoms with van der Waals surface area (Å²) in [5.41, 5.74) is -0.0197. The van der Waals surface area contributed by atoms with Gasteiger partial charge in [0.1, 0.15) is 5.38 Å². The van der Waals surface area contributed by atoms with E-state index in [1.54, 1.807) is 6.92 Å². The highest BCUT2D eigenvalue weighted by Gasteiger charge is 2.17. The first kappa shape index (κ1) is 11.9. The van der Waals surface area contributed by atoms with Crippen molar-refractivity contribution in [2.75, 3.05) is 0 Å². The van der Waals surface area contributed by atoms with Crippen molar-refractivity contribution in [3.8, 4) is 11.4 Å². The number of rotatable bonds is 2. The van der Waals surface area contributed by atoms with Crippen molar-refractivity contribution in [1.82, 2.24) is 10.1 Å². The average molecular weight is 263 g/mol. The van der Waals surface area contributed by atoms with Crippen molar-refractivity contribution in [1.29, 1.82) is 0 Å². The molecule has 1 unspecified atom stereocenters. The lowest BCUT2D eigenvalue weighted by Crippen LogP contribution is -1.93. The van der Waals surface area contributed by atoms with Crippen LogP contribution in [0.3, 0.4) is 0 Å². The van der Waals surface area contributed by atoms with Crippen LogP contribution in [0.1, 0.15) is 18.2 Å². The van der Waals surface area contributed by atoms with Crippen LogP contribution in [0.15, 0.2) is 16.7 Å². The molecule has 2 rings (SSSR count). The quantitative estimate of drug-likeness (QED) is 0.615. The van der Waals surface area contributed by atoms with Crippen molar-refractivity contribution >= 4 is 11.6 Å². The fourth-order valence-corrected chi connectivity index (χ4v) is 1.29. The topological polar surface area (TPSA) is 38.9 Å². The maximum atomic E-state index is 13.0. The van der Waals surface area contributed by atoms with Crippen molar-refractivity contribution in [3.05, 3.63) is 35.5 Å². The van der Waals surface area contributed by atoms with Gasteiger partial charge in [0.05, 0.1) is 0 Å². The third-order valence-corrected chi connectivity index (χ3v) is 2.21. The molecule has 1 atom stereocenters. The van der Waals surface area contributed by atoms with E-state index in [1.165, 1.54) is 0 Å². The Kier molecular flexibility index (Phi) is 3.06. The zero-order valence-corrected chi connectivity index (χ0v) is 9.30. The Balaban J connectivity index is 2.46. The summed E-state index contributed by atoms with van der Waals surface area (Å²) < 4.78 is 43.4. The monoisotopic (exact) mass is 262 g/mol. The van der Waals surface area contributed by atoms with Gasteiger partial charge in [-0.15, -0.1) is 11.6 Å². The highest BCUT2D eigenvalue weighted by Crippen LogP contribution is 2.24. The molecule has 0 aliphatic rings. The van der Waals surface area contributed by atoms with Gasteiger partial charge in [-0.25, -0.2) is 13.2 Å². The first-order chi connectivity index (χ1) is 7.99. The molecule has 0 radical (unpaired) electrons. The molecule has 0 saturated heterocycles. The van der Waals surface area contributed by atoms with Crippen LogP contribution >= 0.6 is 11.6 Å². The van der Waals surface area contributed by atoms with E-state index in [0.29, 0.717) is 0 Å². The first-order valence-electron chi connectivity index (χ1n) is 4.61. The van der Waals surface area contributed by atoms with Gasteiger partial charge in [0, 0.05) is 5.56 Å². The van der Waals surface area contributed by atoms with Crippen LogP contribution in [0.5, 0.6) is 0 Å². The Morgan fingerprint density at radius 1 is 1.24 bits per heavy atom. The van der Waals surface area contributed by atoms with Crippen LogP contribution in [0, 0.1) is 17.5 Å². The molecule has 1 aromatic carbocycles. The maximum Gasteiger partial charge on any atom is 0.244 e. The largest absolute Gasteiger partial charge is 0.337 e. The molecular weight excluding hydrogens is 257 g/mol. The van der Waals surface area contributed by atoms with Crippen LogP contribution in [-0.2, 0) is 0 Å². The predicted molar refractivity (Wildman–Crippen MR) is 53.9 cm³/mol. The van der Waals surface area contributed by atoms with Crippen LogP contribution in [0.2, 0.25) is 0 Å². The predicted octanol–water partition coefficient (Wildman–Crippen LogP) is 3.45. The SMILES string of the molecule is CC(Cl)c1nc(-c2cc(F)c(F)c(F)c2)no1. The van der Waals surface area contributed by atoms with Gasteiger partial charge in [0.25, 0.3) is 0 Å². The fraction of sp³-hybridized carbons (Fsp3) is 0.200. The van der Waals surface area contributed by atoms with E-state index in [0.717, 1.165) is 12.1 Å². The normalized spacial score (nSPS) is 12.8. The van der Waals surface area contributed by atoms with Gasteiger partial charge in [0.15, 0.2) is 17.5 Å². The first-order valence-corrected chi connectivity index (χ1v) is 5.05. The summed E-state index contributed by atoms with van der Waals surface area (Å²) in [6, 6.07) is 1.57. The minimum absolute atomic E-state index is 0.0197. The number of halogens is 4. The number of hydrogen-bond donors (Lipinski definition) is 0. The molecule has 0 N–H and O–H groups in total. The molecule has 0 fully saturated rings. The van der Waals surface area contributed by atoms with E-state index in [4.69, 9.17) is 16.1 Å². The van der Waals surface area contributed by atoms with E-state index in [2.05, 4.69) is 10.1 Å². The molecular formula is C10H6ClF3N2O. The lowest BCUT2D eigenvalue weighted by atomic mass is 10.2. The molecule has 90 valence electrons. The molecule has 0 aliphatic heterocycles. The zero-order valence-electron chi connectivity index (χ0n) is 8.55. The molecule has 7 heteroatoms. The van der Waals surface area contributed by atoms with E-state index in [-0.39, 0.29) is 17.3 Å². The van der Waals surface area contributed by atoms with Crippen molar-refractivity contribution < 1.29 is 17.7 Å². The van der Waals surface area contributed by atoms with Crippen LogP contribution in [0.4, 0.5) is 13.2 Å². The van der Waals surface area contributed by atoms with Gasteiger partial charge in [0.2, 0.25) is 11.7 Å². The second-order valence-electron chi connectivity index (χ2n) is 3.33. The molecule has 2 aromatic rings. The summed E-state index contributed by atoms with van der Waals surface area (Å²) in [6.45, 7) is 1.60. The molecule has 0 saturated carbocycles. The highest BCUT2D eigenvalue weighted by atomic mass is 35.5. The standard InChI is InChI=1S/C10H6ClF3N2O/c1-4(11)10-15-9(16-17-10)5-2-6(12)8(14)7(13)3-5/h2-4H,1H3. The molecule has 1 heterocycles.